The van der Waals surface area contributed by atoms with Crippen molar-refractivity contribution >= 4 is 5.91 Å². The number of methoxy groups -OCH3 is 2. The van der Waals surface area contributed by atoms with Crippen LogP contribution in [0.1, 0.15) is 17.3 Å². The molecule has 1 aliphatic rings. The van der Waals surface area contributed by atoms with E-state index in [0.717, 1.165) is 44.0 Å². The van der Waals surface area contributed by atoms with E-state index in [1.165, 1.54) is 4.90 Å². The summed E-state index contributed by atoms with van der Waals surface area (Å²) in [5.74, 6) is 1.33. The zero-order valence-corrected chi connectivity index (χ0v) is 18.3. The number of quaternary nitrogens is 1. The fourth-order valence-corrected chi connectivity index (χ4v) is 3.99. The van der Waals surface area contributed by atoms with Gasteiger partial charge in [0.25, 0.3) is 5.91 Å². The first-order valence-electron chi connectivity index (χ1n) is 10.6. The lowest BCUT2D eigenvalue weighted by Crippen LogP contribution is -3.14. The average molecular weight is 422 g/mol. The van der Waals surface area contributed by atoms with Crippen LogP contribution < -0.4 is 14.4 Å². The Hall–Kier alpha value is -3.32. The summed E-state index contributed by atoms with van der Waals surface area (Å²) < 4.78 is 12.8. The minimum atomic E-state index is -0.00259. The number of hydrogen-bond donors (Lipinski definition) is 1. The molecule has 7 heteroatoms. The molecule has 1 amide bonds. The highest BCUT2D eigenvalue weighted by Crippen LogP contribution is 2.35. The van der Waals surface area contributed by atoms with Crippen LogP contribution in [0.2, 0.25) is 0 Å². The van der Waals surface area contributed by atoms with Crippen LogP contribution in [-0.4, -0.2) is 67.5 Å². The summed E-state index contributed by atoms with van der Waals surface area (Å²) in [5, 5.41) is 4.81. The number of para-hydroxylation sites is 1. The van der Waals surface area contributed by atoms with Gasteiger partial charge in [0, 0.05) is 11.8 Å². The predicted molar refractivity (Wildman–Crippen MR) is 119 cm³/mol. The fraction of sp³-hybridized carbons (Fsp3) is 0.333. The van der Waals surface area contributed by atoms with Gasteiger partial charge >= 0.3 is 0 Å². The molecule has 1 fully saturated rings. The van der Waals surface area contributed by atoms with E-state index in [1.54, 1.807) is 18.9 Å². The monoisotopic (exact) mass is 421 g/mol. The SMILES string of the molecule is CC[NH+]1CCN(C(=O)c2cn(-c3ccccc3)nc2-c2cc(OC)ccc2OC)CC1. The van der Waals surface area contributed by atoms with Crippen molar-refractivity contribution in [1.82, 2.24) is 14.7 Å². The highest BCUT2D eigenvalue weighted by Gasteiger charge is 2.28. The van der Waals surface area contributed by atoms with Crippen molar-refractivity contribution < 1.29 is 19.2 Å². The molecule has 1 N–H and O–H groups in total. The van der Waals surface area contributed by atoms with E-state index in [1.807, 2.05) is 59.6 Å². The second-order valence-corrected chi connectivity index (χ2v) is 7.63. The molecule has 0 unspecified atom stereocenters. The van der Waals surface area contributed by atoms with Gasteiger partial charge in [-0.15, -0.1) is 0 Å². The number of piperazine rings is 1. The number of aromatic nitrogens is 2. The van der Waals surface area contributed by atoms with Gasteiger partial charge in [0.1, 0.15) is 17.2 Å². The Morgan fingerprint density at radius 1 is 1.06 bits per heavy atom. The molecule has 7 nitrogen and oxygen atoms in total. The van der Waals surface area contributed by atoms with E-state index in [4.69, 9.17) is 14.6 Å². The Morgan fingerprint density at radius 2 is 1.81 bits per heavy atom. The standard InChI is InChI=1S/C24H28N4O3/c1-4-26-12-14-27(15-13-26)24(29)21-17-28(18-8-6-5-7-9-18)25-23(21)20-16-19(30-2)10-11-22(20)31-3/h5-11,16-17H,4,12-15H2,1-3H3/p+1. The van der Waals surface area contributed by atoms with E-state index in [0.29, 0.717) is 22.8 Å². The van der Waals surface area contributed by atoms with E-state index in [2.05, 4.69) is 6.92 Å². The third-order valence-corrected chi connectivity index (χ3v) is 5.88. The maximum absolute atomic E-state index is 13.6. The predicted octanol–water partition coefficient (Wildman–Crippen LogP) is 1.92. The lowest BCUT2D eigenvalue weighted by atomic mass is 10.1. The maximum atomic E-state index is 13.6. The van der Waals surface area contributed by atoms with Gasteiger partial charge in [-0.25, -0.2) is 4.68 Å². The molecular formula is C24H29N4O3+. The second-order valence-electron chi connectivity index (χ2n) is 7.63. The first-order chi connectivity index (χ1) is 15.1. The summed E-state index contributed by atoms with van der Waals surface area (Å²) in [6, 6.07) is 15.4. The van der Waals surface area contributed by atoms with Gasteiger partial charge < -0.3 is 19.3 Å². The van der Waals surface area contributed by atoms with Crippen LogP contribution in [0, 0.1) is 0 Å². The minimum absolute atomic E-state index is 0.00259. The number of carbonyl (C=O) groups is 1. The van der Waals surface area contributed by atoms with Crippen molar-refractivity contribution in [2.24, 2.45) is 0 Å². The summed E-state index contributed by atoms with van der Waals surface area (Å²) in [6.45, 7) is 6.68. The first kappa shape index (κ1) is 20.9. The van der Waals surface area contributed by atoms with Crippen molar-refractivity contribution in [1.29, 1.82) is 0 Å². The lowest BCUT2D eigenvalue weighted by molar-refractivity contribution is -0.902. The normalized spacial score (nSPS) is 14.5. The second kappa shape index (κ2) is 9.22. The number of benzene rings is 2. The highest BCUT2D eigenvalue weighted by molar-refractivity contribution is 6.00. The Bertz CT molecular complexity index is 1040. The number of nitrogens with one attached hydrogen (secondary N) is 1. The third-order valence-electron chi connectivity index (χ3n) is 5.88. The lowest BCUT2D eigenvalue weighted by Gasteiger charge is -2.31. The number of hydrogen-bond acceptors (Lipinski definition) is 4. The topological polar surface area (TPSA) is 61.0 Å². The van der Waals surface area contributed by atoms with Gasteiger partial charge in [-0.2, -0.15) is 5.10 Å². The number of ether oxygens (including phenoxy) is 2. The van der Waals surface area contributed by atoms with Crippen LogP contribution in [0.5, 0.6) is 11.5 Å². The van der Waals surface area contributed by atoms with E-state index >= 15 is 0 Å². The van der Waals surface area contributed by atoms with Gasteiger partial charge in [0.15, 0.2) is 0 Å². The zero-order valence-electron chi connectivity index (χ0n) is 18.3. The van der Waals surface area contributed by atoms with E-state index in [-0.39, 0.29) is 5.91 Å². The average Bonchev–Trinajstić information content (AvgIpc) is 3.29. The number of amides is 1. The number of rotatable bonds is 6. The largest absolute Gasteiger partial charge is 0.497 e. The summed E-state index contributed by atoms with van der Waals surface area (Å²) in [4.78, 5) is 17.0. The molecule has 0 atom stereocenters. The van der Waals surface area contributed by atoms with Crippen molar-refractivity contribution in [3.63, 3.8) is 0 Å². The molecule has 0 saturated carbocycles. The Labute approximate surface area is 182 Å². The molecule has 0 aliphatic carbocycles. The van der Waals surface area contributed by atoms with Gasteiger partial charge in [0.05, 0.1) is 58.2 Å². The Balaban J connectivity index is 1.79. The van der Waals surface area contributed by atoms with Crippen LogP contribution in [0.4, 0.5) is 0 Å². The van der Waals surface area contributed by atoms with Crippen molar-refractivity contribution in [2.45, 2.75) is 6.92 Å². The van der Waals surface area contributed by atoms with Gasteiger partial charge in [-0.1, -0.05) is 18.2 Å². The fourth-order valence-electron chi connectivity index (χ4n) is 3.99. The molecule has 2 heterocycles. The summed E-state index contributed by atoms with van der Waals surface area (Å²) in [5.41, 5.74) is 2.79. The highest BCUT2D eigenvalue weighted by atomic mass is 16.5. The molecule has 3 aromatic rings. The quantitative estimate of drug-likeness (QED) is 0.661. The van der Waals surface area contributed by atoms with Crippen LogP contribution in [0.15, 0.2) is 54.7 Å². The van der Waals surface area contributed by atoms with Crippen molar-refractivity contribution in [2.75, 3.05) is 46.9 Å². The van der Waals surface area contributed by atoms with Crippen LogP contribution in [-0.2, 0) is 0 Å². The zero-order chi connectivity index (χ0) is 21.8. The molecular weight excluding hydrogens is 392 g/mol. The molecule has 0 bridgehead atoms. The molecule has 1 aliphatic heterocycles. The summed E-state index contributed by atoms with van der Waals surface area (Å²) >= 11 is 0. The minimum Gasteiger partial charge on any atom is -0.497 e. The number of carbonyl (C=O) groups excluding carboxylic acids is 1. The smallest absolute Gasteiger partial charge is 0.258 e. The maximum Gasteiger partial charge on any atom is 0.258 e. The molecule has 2 aromatic carbocycles. The van der Waals surface area contributed by atoms with Crippen LogP contribution in [0.3, 0.4) is 0 Å². The molecule has 0 spiro atoms. The van der Waals surface area contributed by atoms with Gasteiger partial charge in [0.2, 0.25) is 0 Å². The van der Waals surface area contributed by atoms with Gasteiger partial charge in [-0.05, 0) is 37.3 Å². The van der Waals surface area contributed by atoms with Crippen molar-refractivity contribution in [3.8, 4) is 28.4 Å². The van der Waals surface area contributed by atoms with E-state index < -0.39 is 0 Å². The van der Waals surface area contributed by atoms with Gasteiger partial charge in [-0.3, -0.25) is 4.79 Å². The molecule has 4 rings (SSSR count). The summed E-state index contributed by atoms with van der Waals surface area (Å²) in [6.07, 6.45) is 1.82. The Morgan fingerprint density at radius 3 is 2.45 bits per heavy atom. The molecule has 1 saturated heterocycles. The molecule has 0 radical (unpaired) electrons. The van der Waals surface area contributed by atoms with Crippen LogP contribution in [0.25, 0.3) is 16.9 Å². The van der Waals surface area contributed by atoms with Crippen molar-refractivity contribution in [3.05, 3.63) is 60.3 Å². The number of likely N-dealkylation sites (N-methyl/N-ethyl adjacent to an activating group) is 1. The third kappa shape index (κ3) is 4.27. The molecule has 162 valence electrons. The molecule has 31 heavy (non-hydrogen) atoms. The van der Waals surface area contributed by atoms with E-state index in [9.17, 15) is 4.79 Å². The first-order valence-corrected chi connectivity index (χ1v) is 10.6. The summed E-state index contributed by atoms with van der Waals surface area (Å²) in [7, 11) is 3.24. The van der Waals surface area contributed by atoms with Crippen LogP contribution >= 0.6 is 0 Å². The Kier molecular flexibility index (Phi) is 6.23. The molecule has 1 aromatic heterocycles. The number of nitrogens with zero attached hydrogens (tertiary/aromatic N) is 3.